The largest absolute Gasteiger partial charge is 0.497 e. The Balaban J connectivity index is 2.02. The molecule has 0 spiro atoms. The van der Waals surface area contributed by atoms with Crippen molar-refractivity contribution in [2.75, 3.05) is 7.11 Å². The van der Waals surface area contributed by atoms with E-state index in [1.165, 1.54) is 25.3 Å². The minimum absolute atomic E-state index is 0.0308. The minimum atomic E-state index is -4.88. The Morgan fingerprint density at radius 3 is 2.39 bits per heavy atom. The van der Waals surface area contributed by atoms with E-state index >= 15 is 0 Å². The molecule has 0 radical (unpaired) electrons. The van der Waals surface area contributed by atoms with Gasteiger partial charge in [-0.1, -0.05) is 5.21 Å². The van der Waals surface area contributed by atoms with Gasteiger partial charge in [-0.25, -0.2) is 5.10 Å². The first-order valence-corrected chi connectivity index (χ1v) is 8.44. The highest BCUT2D eigenvalue weighted by molar-refractivity contribution is 5.72. The second-order valence-electron chi connectivity index (χ2n) is 6.17. The summed E-state index contributed by atoms with van der Waals surface area (Å²) in [5.41, 5.74) is -3.05. The van der Waals surface area contributed by atoms with Gasteiger partial charge in [0.1, 0.15) is 29.9 Å². The monoisotopic (exact) mass is 442 g/mol. The van der Waals surface area contributed by atoms with Gasteiger partial charge in [0.2, 0.25) is 0 Å². The molecule has 1 N–H and O–H groups in total. The van der Waals surface area contributed by atoms with Gasteiger partial charge < -0.3 is 9.47 Å². The lowest BCUT2D eigenvalue weighted by molar-refractivity contribution is -0.142. The van der Waals surface area contributed by atoms with Crippen LogP contribution in [-0.2, 0) is 19.0 Å². The van der Waals surface area contributed by atoms with E-state index in [0.29, 0.717) is 23.9 Å². The van der Waals surface area contributed by atoms with Crippen LogP contribution in [0.3, 0.4) is 0 Å². The number of hydrogen-bond acceptors (Lipinski definition) is 5. The molecule has 0 aliphatic carbocycles. The molecule has 0 atom stereocenters. The molecule has 3 aromatic rings. The zero-order valence-electron chi connectivity index (χ0n) is 15.6. The van der Waals surface area contributed by atoms with Crippen LogP contribution in [0.15, 0.2) is 36.4 Å². The van der Waals surface area contributed by atoms with E-state index in [9.17, 15) is 26.3 Å². The summed E-state index contributed by atoms with van der Waals surface area (Å²) >= 11 is 0. The summed E-state index contributed by atoms with van der Waals surface area (Å²) in [7, 11) is 1.37. The van der Waals surface area contributed by atoms with Gasteiger partial charge in [-0.2, -0.15) is 31.6 Å². The van der Waals surface area contributed by atoms with Crippen LogP contribution in [0.2, 0.25) is 0 Å². The number of nitriles is 1. The molecule has 1 heterocycles. The number of alkyl halides is 6. The second kappa shape index (κ2) is 8.17. The first kappa shape index (κ1) is 21.9. The average molecular weight is 442 g/mol. The normalized spacial score (nSPS) is 11.8. The molecule has 0 saturated carbocycles. The van der Waals surface area contributed by atoms with Gasteiger partial charge in [0, 0.05) is 5.56 Å². The highest BCUT2D eigenvalue weighted by Gasteiger charge is 2.37. The van der Waals surface area contributed by atoms with Gasteiger partial charge in [-0.3, -0.25) is 0 Å². The summed E-state index contributed by atoms with van der Waals surface area (Å²) in [5, 5.41) is 18.8. The summed E-state index contributed by atoms with van der Waals surface area (Å²) in [6, 6.07) is 7.11. The molecule has 6 nitrogen and oxygen atoms in total. The topological polar surface area (TPSA) is 83.8 Å². The molecule has 0 saturated heterocycles. The van der Waals surface area contributed by atoms with E-state index in [-0.39, 0.29) is 22.7 Å². The van der Waals surface area contributed by atoms with Crippen LogP contribution in [0.25, 0.3) is 11.3 Å². The Morgan fingerprint density at radius 1 is 1.03 bits per heavy atom. The van der Waals surface area contributed by atoms with Crippen molar-refractivity contribution in [1.29, 1.82) is 5.26 Å². The van der Waals surface area contributed by atoms with E-state index in [0.717, 1.165) is 0 Å². The Kier molecular flexibility index (Phi) is 5.79. The van der Waals surface area contributed by atoms with Crippen LogP contribution in [0, 0.1) is 11.3 Å². The smallest absolute Gasteiger partial charge is 0.416 e. The molecule has 0 unspecified atom stereocenters. The van der Waals surface area contributed by atoms with Gasteiger partial charge >= 0.3 is 12.4 Å². The summed E-state index contributed by atoms with van der Waals surface area (Å²) in [4.78, 5) is 0. The number of ether oxygens (including phenoxy) is 2. The number of benzene rings is 2. The standard InChI is InChI=1S/C19H12F6N4O2/c1-30-12-3-5-16(13(7-12)17-15(8-26)27-29-28-17)31-9-10-6-11(18(20,21)22)2-4-14(10)19(23,24)25/h2-7H,9H2,1H3,(H,27,28,29). The molecular formula is C19H12F6N4O2. The summed E-state index contributed by atoms with van der Waals surface area (Å²) in [6.07, 6.45) is -9.71. The van der Waals surface area contributed by atoms with Crippen LogP contribution < -0.4 is 9.47 Å². The molecule has 0 fully saturated rings. The fourth-order valence-electron chi connectivity index (χ4n) is 2.76. The number of rotatable bonds is 5. The first-order valence-electron chi connectivity index (χ1n) is 8.44. The summed E-state index contributed by atoms with van der Waals surface area (Å²) < 4.78 is 89.4. The number of H-pyrrole nitrogens is 1. The summed E-state index contributed by atoms with van der Waals surface area (Å²) in [6.45, 7) is -0.822. The number of methoxy groups -OCH3 is 1. The molecule has 2 aromatic carbocycles. The van der Waals surface area contributed by atoms with E-state index in [1.54, 1.807) is 0 Å². The van der Waals surface area contributed by atoms with Crippen molar-refractivity contribution < 1.29 is 35.8 Å². The average Bonchev–Trinajstić information content (AvgIpc) is 3.19. The van der Waals surface area contributed by atoms with Crippen molar-refractivity contribution in [2.24, 2.45) is 0 Å². The van der Waals surface area contributed by atoms with Crippen LogP contribution >= 0.6 is 0 Å². The fraction of sp³-hybridized carbons (Fsp3) is 0.211. The SMILES string of the molecule is COc1ccc(OCc2cc(C(F)(F)F)ccc2C(F)(F)F)c(-c2nn[nH]c2C#N)c1. The van der Waals surface area contributed by atoms with E-state index in [1.807, 2.05) is 6.07 Å². The number of halogens is 6. The van der Waals surface area contributed by atoms with Gasteiger partial charge in [-0.05, 0) is 36.4 Å². The lowest BCUT2D eigenvalue weighted by Crippen LogP contribution is -2.14. The van der Waals surface area contributed by atoms with Crippen LogP contribution in [-0.4, -0.2) is 22.5 Å². The lowest BCUT2D eigenvalue weighted by atomic mass is 10.0. The third-order valence-corrected chi connectivity index (χ3v) is 4.22. The highest BCUT2D eigenvalue weighted by atomic mass is 19.4. The minimum Gasteiger partial charge on any atom is -0.497 e. The third kappa shape index (κ3) is 4.71. The predicted octanol–water partition coefficient (Wildman–Crippen LogP) is 4.97. The maximum atomic E-state index is 13.3. The van der Waals surface area contributed by atoms with Gasteiger partial charge in [0.25, 0.3) is 0 Å². The van der Waals surface area contributed by atoms with Gasteiger partial charge in [0.15, 0.2) is 5.69 Å². The van der Waals surface area contributed by atoms with E-state index < -0.39 is 35.6 Å². The molecule has 0 aliphatic rings. The maximum Gasteiger partial charge on any atom is 0.416 e. The Labute approximate surface area is 171 Å². The molecule has 1 aromatic heterocycles. The summed E-state index contributed by atoms with van der Waals surface area (Å²) in [5.74, 6) is 0.293. The van der Waals surface area contributed by atoms with Crippen molar-refractivity contribution in [2.45, 2.75) is 19.0 Å². The molecule has 0 aliphatic heterocycles. The van der Waals surface area contributed by atoms with E-state index in [2.05, 4.69) is 15.4 Å². The van der Waals surface area contributed by atoms with E-state index in [4.69, 9.17) is 14.7 Å². The first-order chi connectivity index (χ1) is 14.5. The number of aromatic nitrogens is 3. The zero-order valence-corrected chi connectivity index (χ0v) is 15.6. The predicted molar refractivity (Wildman–Crippen MR) is 93.9 cm³/mol. The van der Waals surface area contributed by atoms with Crippen molar-refractivity contribution >= 4 is 0 Å². The van der Waals surface area contributed by atoms with Crippen molar-refractivity contribution in [1.82, 2.24) is 15.4 Å². The molecule has 0 amide bonds. The van der Waals surface area contributed by atoms with Crippen molar-refractivity contribution in [3.8, 4) is 28.8 Å². The number of nitrogens with one attached hydrogen (secondary N) is 1. The quantitative estimate of drug-likeness (QED) is 0.565. The van der Waals surface area contributed by atoms with Crippen molar-refractivity contribution in [3.05, 3.63) is 58.8 Å². The van der Waals surface area contributed by atoms with Crippen LogP contribution in [0.5, 0.6) is 11.5 Å². The van der Waals surface area contributed by atoms with Crippen molar-refractivity contribution in [3.63, 3.8) is 0 Å². The molecule has 3 rings (SSSR count). The Bertz CT molecular complexity index is 1130. The lowest BCUT2D eigenvalue weighted by Gasteiger charge is -2.17. The highest BCUT2D eigenvalue weighted by Crippen LogP contribution is 2.38. The molecule has 0 bridgehead atoms. The second-order valence-corrected chi connectivity index (χ2v) is 6.17. The van der Waals surface area contributed by atoms with Gasteiger partial charge in [0.05, 0.1) is 23.8 Å². The number of hydrogen-bond donors (Lipinski definition) is 1. The molecule has 12 heteroatoms. The maximum absolute atomic E-state index is 13.3. The fourth-order valence-corrected chi connectivity index (χ4v) is 2.76. The molecular weight excluding hydrogens is 430 g/mol. The number of aromatic amines is 1. The zero-order chi connectivity index (χ0) is 22.8. The number of nitrogens with zero attached hydrogens (tertiary/aromatic N) is 3. The van der Waals surface area contributed by atoms with Gasteiger partial charge in [-0.15, -0.1) is 5.10 Å². The Morgan fingerprint density at radius 2 is 1.77 bits per heavy atom. The molecule has 31 heavy (non-hydrogen) atoms. The Hall–Kier alpha value is -3.75. The third-order valence-electron chi connectivity index (χ3n) is 4.22. The molecule has 162 valence electrons. The van der Waals surface area contributed by atoms with Crippen LogP contribution in [0.4, 0.5) is 26.3 Å². The van der Waals surface area contributed by atoms with Crippen LogP contribution in [0.1, 0.15) is 22.4 Å².